The van der Waals surface area contributed by atoms with E-state index in [1.54, 1.807) is 7.05 Å². The molecule has 6 nitrogen and oxygen atoms in total. The highest BCUT2D eigenvalue weighted by atomic mass is 127. The third kappa shape index (κ3) is 8.06. The molecule has 1 unspecified atom stereocenters. The number of amides is 1. The Hall–Kier alpha value is -1.35. The summed E-state index contributed by atoms with van der Waals surface area (Å²) in [6, 6.07) is 8.35. The minimum atomic E-state index is -0.0494. The van der Waals surface area contributed by atoms with Crippen molar-refractivity contribution in [1.82, 2.24) is 20.9 Å². The van der Waals surface area contributed by atoms with Gasteiger partial charge in [-0.1, -0.05) is 38.8 Å². The molecule has 3 N–H and O–H groups in total. The maximum Gasteiger partial charge on any atom is 0.251 e. The van der Waals surface area contributed by atoms with Crippen LogP contribution in [-0.4, -0.2) is 63.1 Å². The Morgan fingerprint density at radius 1 is 1.17 bits per heavy atom. The zero-order valence-corrected chi connectivity index (χ0v) is 21.4. The molecular formula is C23H40IN5O. The van der Waals surface area contributed by atoms with E-state index in [9.17, 15) is 4.79 Å². The lowest BCUT2D eigenvalue weighted by Gasteiger charge is -2.34. The van der Waals surface area contributed by atoms with Gasteiger partial charge in [0, 0.05) is 38.8 Å². The zero-order chi connectivity index (χ0) is 21.1. The van der Waals surface area contributed by atoms with Crippen molar-refractivity contribution in [2.75, 3.05) is 40.3 Å². The number of nitrogens with one attached hydrogen (secondary N) is 3. The topological polar surface area (TPSA) is 68.8 Å². The third-order valence-corrected chi connectivity index (χ3v) is 6.03. The maximum atomic E-state index is 11.8. The Balaban J connectivity index is 0.00000450. The summed E-state index contributed by atoms with van der Waals surface area (Å²) in [6.07, 6.45) is 5.91. The molecule has 1 amide bonds. The first-order chi connectivity index (χ1) is 14.1. The van der Waals surface area contributed by atoms with E-state index in [4.69, 9.17) is 0 Å². The van der Waals surface area contributed by atoms with Crippen molar-refractivity contribution in [2.24, 2.45) is 10.9 Å². The Morgan fingerprint density at radius 2 is 1.87 bits per heavy atom. The summed E-state index contributed by atoms with van der Waals surface area (Å²) in [5, 5.41) is 9.65. The molecule has 0 spiro atoms. The molecule has 0 aromatic heterocycles. The number of halogens is 1. The van der Waals surface area contributed by atoms with Gasteiger partial charge in [0.05, 0.1) is 0 Å². The summed E-state index contributed by atoms with van der Waals surface area (Å²) >= 11 is 0. The SMILES string of the molecule is CCC(CC)C(CNC(=NC)NCCc1cccc(C(=O)NC)c1)N1CCCC1.I. The molecule has 0 bridgehead atoms. The predicted molar refractivity (Wildman–Crippen MR) is 137 cm³/mol. The van der Waals surface area contributed by atoms with E-state index in [-0.39, 0.29) is 29.9 Å². The largest absolute Gasteiger partial charge is 0.356 e. The molecule has 1 saturated heterocycles. The molecule has 170 valence electrons. The van der Waals surface area contributed by atoms with Gasteiger partial charge in [-0.25, -0.2) is 0 Å². The fraction of sp³-hybridized carbons (Fsp3) is 0.652. The smallest absolute Gasteiger partial charge is 0.251 e. The predicted octanol–water partition coefficient (Wildman–Crippen LogP) is 3.27. The molecule has 2 rings (SSSR count). The van der Waals surface area contributed by atoms with Crippen LogP contribution >= 0.6 is 24.0 Å². The number of nitrogens with zero attached hydrogens (tertiary/aromatic N) is 2. The Kier molecular flexibility index (Phi) is 13.0. The normalized spacial score (nSPS) is 15.6. The average Bonchev–Trinajstić information content (AvgIpc) is 3.29. The number of carbonyl (C=O) groups is 1. The molecule has 30 heavy (non-hydrogen) atoms. The van der Waals surface area contributed by atoms with Crippen LogP contribution in [0.15, 0.2) is 29.3 Å². The minimum Gasteiger partial charge on any atom is -0.356 e. The number of carbonyl (C=O) groups excluding carboxylic acids is 1. The van der Waals surface area contributed by atoms with Crippen molar-refractivity contribution in [3.05, 3.63) is 35.4 Å². The van der Waals surface area contributed by atoms with Crippen LogP contribution in [-0.2, 0) is 6.42 Å². The third-order valence-electron chi connectivity index (χ3n) is 6.03. The lowest BCUT2D eigenvalue weighted by atomic mass is 9.93. The summed E-state index contributed by atoms with van der Waals surface area (Å²) in [7, 11) is 3.48. The number of hydrogen-bond acceptors (Lipinski definition) is 3. The average molecular weight is 530 g/mol. The molecule has 0 saturated carbocycles. The highest BCUT2D eigenvalue weighted by Gasteiger charge is 2.27. The highest BCUT2D eigenvalue weighted by molar-refractivity contribution is 14.0. The summed E-state index contributed by atoms with van der Waals surface area (Å²) in [4.78, 5) is 18.9. The standard InChI is InChI=1S/C23H39N5O.HI/c1-5-19(6-2)21(28-14-7-8-15-28)17-27-23(25-4)26-13-12-18-10-9-11-20(16-18)22(29)24-3;/h9-11,16,19,21H,5-8,12-15,17H2,1-4H3,(H,24,29)(H2,25,26,27);1H. The van der Waals surface area contributed by atoms with Crippen molar-refractivity contribution in [3.8, 4) is 0 Å². The number of rotatable bonds is 10. The van der Waals surface area contributed by atoms with Gasteiger partial charge in [0.2, 0.25) is 0 Å². The number of guanidine groups is 1. The van der Waals surface area contributed by atoms with Crippen LogP contribution in [0.4, 0.5) is 0 Å². The van der Waals surface area contributed by atoms with Crippen molar-refractivity contribution in [1.29, 1.82) is 0 Å². The second kappa shape index (κ2) is 14.6. The molecule has 0 aliphatic carbocycles. The molecule has 1 fully saturated rings. The van der Waals surface area contributed by atoms with E-state index in [1.807, 2.05) is 25.2 Å². The minimum absolute atomic E-state index is 0. The van der Waals surface area contributed by atoms with Crippen LogP contribution in [0.3, 0.4) is 0 Å². The Labute approximate surface area is 199 Å². The fourth-order valence-electron chi connectivity index (χ4n) is 4.26. The summed E-state index contributed by atoms with van der Waals surface area (Å²) < 4.78 is 0. The number of hydrogen-bond donors (Lipinski definition) is 3. The second-order valence-corrected chi connectivity index (χ2v) is 7.80. The van der Waals surface area contributed by atoms with Gasteiger partial charge < -0.3 is 16.0 Å². The van der Waals surface area contributed by atoms with Gasteiger partial charge >= 0.3 is 0 Å². The van der Waals surface area contributed by atoms with Crippen molar-refractivity contribution in [2.45, 2.75) is 52.0 Å². The number of likely N-dealkylation sites (tertiary alicyclic amines) is 1. The molecule has 1 heterocycles. The summed E-state index contributed by atoms with van der Waals surface area (Å²) in [6.45, 7) is 8.75. The van der Waals surface area contributed by atoms with E-state index < -0.39 is 0 Å². The lowest BCUT2D eigenvalue weighted by molar-refractivity contribution is 0.0963. The van der Waals surface area contributed by atoms with Crippen molar-refractivity contribution in [3.63, 3.8) is 0 Å². The van der Waals surface area contributed by atoms with Crippen LogP contribution in [0, 0.1) is 5.92 Å². The van der Waals surface area contributed by atoms with Gasteiger partial charge in [0.1, 0.15) is 0 Å². The van der Waals surface area contributed by atoms with Crippen molar-refractivity contribution < 1.29 is 4.79 Å². The zero-order valence-electron chi connectivity index (χ0n) is 19.0. The van der Waals surface area contributed by atoms with E-state index in [1.165, 1.54) is 38.8 Å². The molecule has 0 radical (unpaired) electrons. The van der Waals surface area contributed by atoms with Crippen LogP contribution in [0.2, 0.25) is 0 Å². The van der Waals surface area contributed by atoms with Gasteiger partial charge in [-0.15, -0.1) is 24.0 Å². The number of aliphatic imine (C=N–C) groups is 1. The van der Waals surface area contributed by atoms with Crippen LogP contribution in [0.1, 0.15) is 55.5 Å². The Bertz CT molecular complexity index is 655. The van der Waals surface area contributed by atoms with Gasteiger partial charge in [0.15, 0.2) is 5.96 Å². The van der Waals surface area contributed by atoms with E-state index in [0.717, 1.165) is 31.0 Å². The van der Waals surface area contributed by atoms with E-state index >= 15 is 0 Å². The van der Waals surface area contributed by atoms with E-state index in [2.05, 4.69) is 45.8 Å². The van der Waals surface area contributed by atoms with Gasteiger partial charge in [-0.05, 0) is 56.0 Å². The second-order valence-electron chi connectivity index (χ2n) is 7.80. The molecule has 1 aliphatic rings. The first-order valence-electron chi connectivity index (χ1n) is 11.1. The fourth-order valence-corrected chi connectivity index (χ4v) is 4.26. The molecular weight excluding hydrogens is 489 g/mol. The first-order valence-corrected chi connectivity index (χ1v) is 11.1. The molecule has 1 aromatic rings. The molecule has 7 heteroatoms. The maximum absolute atomic E-state index is 11.8. The monoisotopic (exact) mass is 529 g/mol. The van der Waals surface area contributed by atoms with Gasteiger partial charge in [-0.3, -0.25) is 14.7 Å². The van der Waals surface area contributed by atoms with Crippen LogP contribution in [0.25, 0.3) is 0 Å². The first kappa shape index (κ1) is 26.7. The van der Waals surface area contributed by atoms with Crippen LogP contribution < -0.4 is 16.0 Å². The number of benzene rings is 1. The molecule has 1 atom stereocenters. The van der Waals surface area contributed by atoms with Gasteiger partial charge in [-0.2, -0.15) is 0 Å². The molecule has 1 aliphatic heterocycles. The highest BCUT2D eigenvalue weighted by Crippen LogP contribution is 2.22. The lowest BCUT2D eigenvalue weighted by Crippen LogP contribution is -2.49. The molecule has 1 aromatic carbocycles. The summed E-state index contributed by atoms with van der Waals surface area (Å²) in [5.74, 6) is 1.51. The summed E-state index contributed by atoms with van der Waals surface area (Å²) in [5.41, 5.74) is 1.84. The van der Waals surface area contributed by atoms with Crippen LogP contribution in [0.5, 0.6) is 0 Å². The quantitative estimate of drug-likeness (QED) is 0.247. The van der Waals surface area contributed by atoms with E-state index in [0.29, 0.717) is 17.5 Å². The Morgan fingerprint density at radius 3 is 2.47 bits per heavy atom. The van der Waals surface area contributed by atoms with Crippen molar-refractivity contribution >= 4 is 35.8 Å². The van der Waals surface area contributed by atoms with Gasteiger partial charge in [0.25, 0.3) is 5.91 Å².